The maximum atomic E-state index is 12.4. The molecule has 3 nitrogen and oxygen atoms in total. The van der Waals surface area contributed by atoms with Gasteiger partial charge in [-0.3, -0.25) is 9.59 Å². The lowest BCUT2D eigenvalue weighted by Crippen LogP contribution is -2.33. The molecule has 3 atom stereocenters. The van der Waals surface area contributed by atoms with Gasteiger partial charge < -0.3 is 4.74 Å². The quantitative estimate of drug-likeness (QED) is 0.800. The summed E-state index contributed by atoms with van der Waals surface area (Å²) in [7, 11) is 0. The molecule has 0 aliphatic heterocycles. The highest BCUT2D eigenvalue weighted by atomic mass is 16.5. The van der Waals surface area contributed by atoms with Gasteiger partial charge in [-0.15, -0.1) is 0 Å². The lowest BCUT2D eigenvalue weighted by molar-refractivity contribution is -0.147. The van der Waals surface area contributed by atoms with Crippen LogP contribution in [0.3, 0.4) is 0 Å². The van der Waals surface area contributed by atoms with E-state index < -0.39 is 0 Å². The van der Waals surface area contributed by atoms with E-state index in [0.29, 0.717) is 18.9 Å². The van der Waals surface area contributed by atoms with Gasteiger partial charge in [0, 0.05) is 12.3 Å². The zero-order valence-electron chi connectivity index (χ0n) is 13.0. The van der Waals surface area contributed by atoms with Crippen molar-refractivity contribution in [3.8, 4) is 0 Å². The summed E-state index contributed by atoms with van der Waals surface area (Å²) in [4.78, 5) is 24.6. The number of benzene rings is 1. The molecule has 1 saturated carbocycles. The first-order valence-corrected chi connectivity index (χ1v) is 8.17. The average Bonchev–Trinajstić information content (AvgIpc) is 2.55. The van der Waals surface area contributed by atoms with Gasteiger partial charge in [0.25, 0.3) is 0 Å². The molecule has 0 unspecified atom stereocenters. The number of rotatable bonds is 3. The molecule has 0 saturated heterocycles. The highest BCUT2D eigenvalue weighted by Crippen LogP contribution is 2.44. The van der Waals surface area contributed by atoms with Crippen molar-refractivity contribution in [3.63, 3.8) is 0 Å². The molecule has 1 aromatic carbocycles. The van der Waals surface area contributed by atoms with Crippen molar-refractivity contribution in [2.45, 2.75) is 38.5 Å². The first-order chi connectivity index (χ1) is 10.7. The van der Waals surface area contributed by atoms with Crippen LogP contribution in [0.25, 0.3) is 0 Å². The SMILES string of the molecule is CCOC(=O)[C@H]1C=C2C(=O)CCC[C@@H]2C[C@@H]1c1ccccc1. The Labute approximate surface area is 131 Å². The fourth-order valence-corrected chi connectivity index (χ4v) is 3.79. The zero-order valence-corrected chi connectivity index (χ0v) is 13.0. The summed E-state index contributed by atoms with van der Waals surface area (Å²) in [5.74, 6) is 0.0884. The molecule has 0 amide bonds. The molecule has 3 rings (SSSR count). The minimum Gasteiger partial charge on any atom is -0.466 e. The summed E-state index contributed by atoms with van der Waals surface area (Å²) in [6.45, 7) is 2.19. The first kappa shape index (κ1) is 15.0. The Balaban J connectivity index is 1.97. The molecule has 2 aliphatic rings. The fraction of sp³-hybridized carbons (Fsp3) is 0.474. The summed E-state index contributed by atoms with van der Waals surface area (Å²) in [5.41, 5.74) is 2.03. The summed E-state index contributed by atoms with van der Waals surface area (Å²) in [5, 5.41) is 0. The van der Waals surface area contributed by atoms with E-state index in [0.717, 1.165) is 30.4 Å². The third-order valence-electron chi connectivity index (χ3n) is 4.84. The molecule has 3 heteroatoms. The lowest BCUT2D eigenvalue weighted by atomic mass is 9.67. The number of ketones is 1. The zero-order chi connectivity index (χ0) is 15.5. The van der Waals surface area contributed by atoms with E-state index in [9.17, 15) is 9.59 Å². The Kier molecular flexibility index (Phi) is 4.41. The monoisotopic (exact) mass is 298 g/mol. The van der Waals surface area contributed by atoms with Crippen LogP contribution in [0.4, 0.5) is 0 Å². The molecule has 0 bridgehead atoms. The number of hydrogen-bond acceptors (Lipinski definition) is 3. The number of allylic oxidation sites excluding steroid dienone is 1. The lowest BCUT2D eigenvalue weighted by Gasteiger charge is -2.36. The number of carbonyl (C=O) groups excluding carboxylic acids is 2. The van der Waals surface area contributed by atoms with E-state index in [2.05, 4.69) is 12.1 Å². The summed E-state index contributed by atoms with van der Waals surface area (Å²) < 4.78 is 5.25. The molecule has 116 valence electrons. The van der Waals surface area contributed by atoms with Crippen LogP contribution in [-0.2, 0) is 14.3 Å². The smallest absolute Gasteiger partial charge is 0.313 e. The summed E-state index contributed by atoms with van der Waals surface area (Å²) in [6, 6.07) is 10.1. The Bertz CT molecular complexity index is 588. The first-order valence-electron chi connectivity index (χ1n) is 8.17. The van der Waals surface area contributed by atoms with Crippen LogP contribution in [0.2, 0.25) is 0 Å². The van der Waals surface area contributed by atoms with Crippen LogP contribution in [0.1, 0.15) is 44.1 Å². The van der Waals surface area contributed by atoms with Gasteiger partial charge in [-0.1, -0.05) is 36.4 Å². The van der Waals surface area contributed by atoms with Crippen LogP contribution in [0.5, 0.6) is 0 Å². The van der Waals surface area contributed by atoms with Crippen molar-refractivity contribution < 1.29 is 14.3 Å². The Morgan fingerprint density at radius 3 is 2.77 bits per heavy atom. The second-order valence-electron chi connectivity index (χ2n) is 6.17. The second-order valence-corrected chi connectivity index (χ2v) is 6.17. The van der Waals surface area contributed by atoms with E-state index in [-0.39, 0.29) is 23.6 Å². The predicted molar refractivity (Wildman–Crippen MR) is 84.4 cm³/mol. The van der Waals surface area contributed by atoms with E-state index in [1.54, 1.807) is 0 Å². The Morgan fingerprint density at radius 2 is 2.05 bits per heavy atom. The Hall–Kier alpha value is -1.90. The van der Waals surface area contributed by atoms with Crippen LogP contribution in [0, 0.1) is 11.8 Å². The maximum absolute atomic E-state index is 12.4. The van der Waals surface area contributed by atoms with Gasteiger partial charge in [-0.2, -0.15) is 0 Å². The standard InChI is InChI=1S/C19H22O3/c1-2-22-19(21)17-12-16-14(9-6-10-18(16)20)11-15(17)13-7-4-3-5-8-13/h3-5,7-8,12,14-15,17H,2,6,9-11H2,1H3/t14-,15-,17+/m1/s1. The molecule has 1 fully saturated rings. The van der Waals surface area contributed by atoms with E-state index in [1.807, 2.05) is 31.2 Å². The third kappa shape index (κ3) is 2.85. The molecule has 1 aromatic rings. The number of hydrogen-bond donors (Lipinski definition) is 0. The summed E-state index contributed by atoms with van der Waals surface area (Å²) >= 11 is 0. The molecule has 0 spiro atoms. The van der Waals surface area contributed by atoms with E-state index in [1.165, 1.54) is 0 Å². The number of carbonyl (C=O) groups is 2. The van der Waals surface area contributed by atoms with Gasteiger partial charge in [-0.25, -0.2) is 0 Å². The number of esters is 1. The largest absolute Gasteiger partial charge is 0.466 e. The highest BCUT2D eigenvalue weighted by molar-refractivity contribution is 5.97. The number of fused-ring (bicyclic) bond motifs is 1. The molecule has 22 heavy (non-hydrogen) atoms. The number of Topliss-reactive ketones (excluding diaryl/α,β-unsaturated/α-hetero) is 1. The van der Waals surface area contributed by atoms with E-state index >= 15 is 0 Å². The van der Waals surface area contributed by atoms with Crippen molar-refractivity contribution in [1.29, 1.82) is 0 Å². The molecule has 0 N–H and O–H groups in total. The fourth-order valence-electron chi connectivity index (χ4n) is 3.79. The second kappa shape index (κ2) is 6.47. The van der Waals surface area contributed by atoms with Gasteiger partial charge in [0.2, 0.25) is 0 Å². The molecule has 2 aliphatic carbocycles. The van der Waals surface area contributed by atoms with Crippen molar-refractivity contribution >= 4 is 11.8 Å². The van der Waals surface area contributed by atoms with Crippen LogP contribution in [-0.4, -0.2) is 18.4 Å². The molecule has 0 radical (unpaired) electrons. The van der Waals surface area contributed by atoms with Gasteiger partial charge in [-0.05, 0) is 43.2 Å². The van der Waals surface area contributed by atoms with E-state index in [4.69, 9.17) is 4.74 Å². The molecule has 0 heterocycles. The highest BCUT2D eigenvalue weighted by Gasteiger charge is 2.39. The Morgan fingerprint density at radius 1 is 1.27 bits per heavy atom. The van der Waals surface area contributed by atoms with Crippen molar-refractivity contribution in [1.82, 2.24) is 0 Å². The normalized spacial score (nSPS) is 27.8. The van der Waals surface area contributed by atoms with Crippen LogP contribution >= 0.6 is 0 Å². The van der Waals surface area contributed by atoms with Gasteiger partial charge >= 0.3 is 5.97 Å². The van der Waals surface area contributed by atoms with Gasteiger partial charge in [0.1, 0.15) is 0 Å². The van der Waals surface area contributed by atoms with Crippen molar-refractivity contribution in [3.05, 3.63) is 47.5 Å². The summed E-state index contributed by atoms with van der Waals surface area (Å²) in [6.07, 6.45) is 5.41. The van der Waals surface area contributed by atoms with Crippen LogP contribution in [0.15, 0.2) is 42.0 Å². The number of ether oxygens (including phenoxy) is 1. The molecular formula is C19H22O3. The minimum absolute atomic E-state index is 0.111. The minimum atomic E-state index is -0.337. The van der Waals surface area contributed by atoms with Gasteiger partial charge in [0.15, 0.2) is 5.78 Å². The van der Waals surface area contributed by atoms with Crippen LogP contribution < -0.4 is 0 Å². The topological polar surface area (TPSA) is 43.4 Å². The van der Waals surface area contributed by atoms with Gasteiger partial charge in [0.05, 0.1) is 12.5 Å². The van der Waals surface area contributed by atoms with Crippen molar-refractivity contribution in [2.75, 3.05) is 6.61 Å². The molecular weight excluding hydrogens is 276 g/mol. The average molecular weight is 298 g/mol. The predicted octanol–water partition coefficient (Wildman–Crippen LogP) is 3.65. The van der Waals surface area contributed by atoms with Crippen molar-refractivity contribution in [2.24, 2.45) is 11.8 Å². The molecule has 0 aromatic heterocycles. The third-order valence-corrected chi connectivity index (χ3v) is 4.84. The maximum Gasteiger partial charge on any atom is 0.313 e.